The number of carbonyl (C=O) groups excluding carboxylic acids is 1. The highest BCUT2D eigenvalue weighted by atomic mass is 16.2. The van der Waals surface area contributed by atoms with Crippen molar-refractivity contribution in [2.45, 2.75) is 32.9 Å². The largest absolute Gasteiger partial charge is 0.336 e. The second kappa shape index (κ2) is 6.34. The number of urea groups is 1. The number of imidazole rings is 1. The molecule has 2 aromatic heterocycles. The quantitative estimate of drug-likeness (QED) is 0.891. The maximum Gasteiger partial charge on any atom is 0.315 e. The zero-order valence-corrected chi connectivity index (χ0v) is 12.5. The Balaban J connectivity index is 1.91. The molecule has 2 aromatic rings. The third-order valence-corrected chi connectivity index (χ3v) is 2.61. The Bertz CT molecular complexity index is 587. The first kappa shape index (κ1) is 15.0. The molecular weight excluding hydrogens is 268 g/mol. The van der Waals surface area contributed by atoms with Gasteiger partial charge in [0, 0.05) is 43.4 Å². The van der Waals surface area contributed by atoms with Crippen LogP contribution < -0.4 is 10.6 Å². The summed E-state index contributed by atoms with van der Waals surface area (Å²) in [6.45, 7) is 6.91. The fraction of sp³-hybridized carbons (Fsp3) is 0.429. The van der Waals surface area contributed by atoms with Crippen LogP contribution in [0.4, 0.5) is 4.79 Å². The van der Waals surface area contributed by atoms with Gasteiger partial charge in [0.2, 0.25) is 0 Å². The minimum atomic E-state index is -0.248. The van der Waals surface area contributed by atoms with Gasteiger partial charge in [-0.05, 0) is 26.8 Å². The average molecular weight is 288 g/mol. The summed E-state index contributed by atoms with van der Waals surface area (Å²) in [5.74, 6) is 1.26. The highest BCUT2D eigenvalue weighted by Crippen LogP contribution is 2.10. The first-order valence-electron chi connectivity index (χ1n) is 6.80. The molecular formula is C14H20N6O. The first-order chi connectivity index (χ1) is 9.96. The number of carbonyl (C=O) groups is 1. The molecule has 0 aromatic carbocycles. The molecule has 2 heterocycles. The fourth-order valence-corrected chi connectivity index (χ4v) is 1.79. The molecule has 0 spiro atoms. The van der Waals surface area contributed by atoms with Crippen molar-refractivity contribution in [2.75, 3.05) is 6.54 Å². The smallest absolute Gasteiger partial charge is 0.315 e. The van der Waals surface area contributed by atoms with E-state index in [1.807, 2.05) is 31.5 Å². The molecule has 0 saturated heterocycles. The van der Waals surface area contributed by atoms with Gasteiger partial charge < -0.3 is 15.2 Å². The van der Waals surface area contributed by atoms with E-state index in [1.165, 1.54) is 0 Å². The molecule has 7 heteroatoms. The highest BCUT2D eigenvalue weighted by molar-refractivity contribution is 5.74. The summed E-state index contributed by atoms with van der Waals surface area (Å²) < 4.78 is 1.91. The third kappa shape index (κ3) is 4.55. The van der Waals surface area contributed by atoms with Crippen molar-refractivity contribution in [3.8, 4) is 11.6 Å². The van der Waals surface area contributed by atoms with Gasteiger partial charge in [0.25, 0.3) is 0 Å². The van der Waals surface area contributed by atoms with Crippen LogP contribution in [0, 0.1) is 0 Å². The number of nitrogens with one attached hydrogen (secondary N) is 2. The summed E-state index contributed by atoms with van der Waals surface area (Å²) >= 11 is 0. The van der Waals surface area contributed by atoms with Gasteiger partial charge in [0.05, 0.1) is 0 Å². The zero-order chi connectivity index (χ0) is 15.3. The molecule has 0 aliphatic heterocycles. The molecule has 0 fully saturated rings. The number of aromatic nitrogens is 4. The molecule has 21 heavy (non-hydrogen) atoms. The number of hydrogen-bond acceptors (Lipinski definition) is 4. The van der Waals surface area contributed by atoms with Crippen LogP contribution in [0.2, 0.25) is 0 Å². The molecule has 2 rings (SSSR count). The van der Waals surface area contributed by atoms with Gasteiger partial charge in [0.15, 0.2) is 11.6 Å². The second-order valence-electron chi connectivity index (χ2n) is 5.65. The Hall–Kier alpha value is -2.44. The monoisotopic (exact) mass is 288 g/mol. The molecule has 2 amide bonds. The molecule has 112 valence electrons. The molecule has 0 bridgehead atoms. The predicted octanol–water partition coefficient (Wildman–Crippen LogP) is 1.44. The number of hydrogen-bond donors (Lipinski definition) is 2. The van der Waals surface area contributed by atoms with E-state index in [9.17, 15) is 4.79 Å². The zero-order valence-electron chi connectivity index (χ0n) is 12.5. The molecule has 2 N–H and O–H groups in total. The first-order valence-corrected chi connectivity index (χ1v) is 6.80. The fourth-order valence-electron chi connectivity index (χ4n) is 1.79. The van der Waals surface area contributed by atoms with Crippen molar-refractivity contribution in [3.05, 3.63) is 30.9 Å². The summed E-state index contributed by atoms with van der Waals surface area (Å²) in [5.41, 5.74) is -0.248. The normalized spacial score (nSPS) is 11.2. The summed E-state index contributed by atoms with van der Waals surface area (Å²) in [4.78, 5) is 24.3. The van der Waals surface area contributed by atoms with Gasteiger partial charge >= 0.3 is 6.03 Å². The Kier molecular flexibility index (Phi) is 4.52. The summed E-state index contributed by atoms with van der Waals surface area (Å²) in [7, 11) is 0. The third-order valence-electron chi connectivity index (χ3n) is 2.61. The second-order valence-corrected chi connectivity index (χ2v) is 5.65. The topological polar surface area (TPSA) is 84.7 Å². The van der Waals surface area contributed by atoms with E-state index in [2.05, 4.69) is 25.6 Å². The van der Waals surface area contributed by atoms with Crippen LogP contribution in [0.5, 0.6) is 0 Å². The molecule has 0 aliphatic carbocycles. The standard InChI is InChI=1S/C14H20N6O/c1-14(2,3)19-13(21)18-8-10-20-9-7-17-12(20)11-15-5-4-6-16-11/h4-7,9H,8,10H2,1-3H3,(H2,18,19,21). The minimum absolute atomic E-state index is 0.180. The Morgan fingerprint density at radius 2 is 1.90 bits per heavy atom. The van der Waals surface area contributed by atoms with Crippen LogP contribution >= 0.6 is 0 Å². The Morgan fingerprint density at radius 3 is 2.57 bits per heavy atom. The van der Waals surface area contributed by atoms with Crippen molar-refractivity contribution < 1.29 is 4.79 Å². The SMILES string of the molecule is CC(C)(C)NC(=O)NCCn1ccnc1-c1ncccn1. The number of rotatable bonds is 4. The van der Waals surface area contributed by atoms with E-state index in [1.54, 1.807) is 24.7 Å². The van der Waals surface area contributed by atoms with Crippen molar-refractivity contribution >= 4 is 6.03 Å². The summed E-state index contributed by atoms with van der Waals surface area (Å²) in [6, 6.07) is 1.58. The number of amides is 2. The Morgan fingerprint density at radius 1 is 1.19 bits per heavy atom. The van der Waals surface area contributed by atoms with Gasteiger partial charge in [-0.1, -0.05) is 0 Å². The lowest BCUT2D eigenvalue weighted by atomic mass is 10.1. The van der Waals surface area contributed by atoms with E-state index in [0.717, 1.165) is 0 Å². The van der Waals surface area contributed by atoms with Crippen LogP contribution in [-0.2, 0) is 6.54 Å². The maximum absolute atomic E-state index is 11.7. The lowest BCUT2D eigenvalue weighted by molar-refractivity contribution is 0.231. The summed E-state index contributed by atoms with van der Waals surface area (Å²) in [6.07, 6.45) is 6.89. The van der Waals surface area contributed by atoms with Gasteiger partial charge in [0.1, 0.15) is 0 Å². The minimum Gasteiger partial charge on any atom is -0.336 e. The molecule has 0 aliphatic rings. The van der Waals surface area contributed by atoms with Crippen molar-refractivity contribution in [1.29, 1.82) is 0 Å². The molecule has 0 radical (unpaired) electrons. The lowest BCUT2D eigenvalue weighted by Crippen LogP contribution is -2.47. The molecule has 0 atom stereocenters. The highest BCUT2D eigenvalue weighted by Gasteiger charge is 2.13. The van der Waals surface area contributed by atoms with Crippen LogP contribution in [0.25, 0.3) is 11.6 Å². The van der Waals surface area contributed by atoms with Crippen molar-refractivity contribution in [1.82, 2.24) is 30.2 Å². The van der Waals surface area contributed by atoms with E-state index in [-0.39, 0.29) is 11.6 Å². The molecule has 0 saturated carbocycles. The van der Waals surface area contributed by atoms with Gasteiger partial charge in [-0.25, -0.2) is 19.7 Å². The van der Waals surface area contributed by atoms with E-state index < -0.39 is 0 Å². The molecule has 0 unspecified atom stereocenters. The van der Waals surface area contributed by atoms with Gasteiger partial charge in [-0.3, -0.25) is 0 Å². The Labute approximate surface area is 123 Å². The van der Waals surface area contributed by atoms with Crippen molar-refractivity contribution in [2.24, 2.45) is 0 Å². The van der Waals surface area contributed by atoms with E-state index in [0.29, 0.717) is 24.7 Å². The average Bonchev–Trinajstić information content (AvgIpc) is 2.86. The number of nitrogens with zero attached hydrogens (tertiary/aromatic N) is 4. The lowest BCUT2D eigenvalue weighted by Gasteiger charge is -2.20. The predicted molar refractivity (Wildman–Crippen MR) is 79.5 cm³/mol. The van der Waals surface area contributed by atoms with E-state index in [4.69, 9.17) is 0 Å². The van der Waals surface area contributed by atoms with Crippen LogP contribution in [0.1, 0.15) is 20.8 Å². The van der Waals surface area contributed by atoms with Crippen molar-refractivity contribution in [3.63, 3.8) is 0 Å². The van der Waals surface area contributed by atoms with Crippen LogP contribution in [-0.4, -0.2) is 37.6 Å². The van der Waals surface area contributed by atoms with E-state index >= 15 is 0 Å². The van der Waals surface area contributed by atoms with Gasteiger partial charge in [-0.2, -0.15) is 0 Å². The molecule has 7 nitrogen and oxygen atoms in total. The maximum atomic E-state index is 11.7. The van der Waals surface area contributed by atoms with Crippen LogP contribution in [0.3, 0.4) is 0 Å². The summed E-state index contributed by atoms with van der Waals surface area (Å²) in [5, 5.41) is 5.66. The van der Waals surface area contributed by atoms with Crippen LogP contribution in [0.15, 0.2) is 30.9 Å². The van der Waals surface area contributed by atoms with Gasteiger partial charge in [-0.15, -0.1) is 0 Å².